The molecule has 0 aromatic carbocycles. The maximum absolute atomic E-state index is 5.39. The fourth-order valence-corrected chi connectivity index (χ4v) is 3.11. The fourth-order valence-electron chi connectivity index (χ4n) is 3.11. The Morgan fingerprint density at radius 2 is 1.50 bits per heavy atom. The molecule has 0 atom stereocenters. The van der Waals surface area contributed by atoms with Gasteiger partial charge in [-0.1, -0.05) is 41.5 Å². The first-order valence-electron chi connectivity index (χ1n) is 5.64. The van der Waals surface area contributed by atoms with Gasteiger partial charge in [0.05, 0.1) is 6.61 Å². The minimum Gasteiger partial charge on any atom is -0.375 e. The highest BCUT2D eigenvalue weighted by molar-refractivity contribution is 5.01. The Hall–Kier alpha value is -0.0400. The van der Waals surface area contributed by atoms with Crippen LogP contribution in [0.1, 0.15) is 54.4 Å². The van der Waals surface area contributed by atoms with Crippen molar-refractivity contribution < 1.29 is 4.74 Å². The minimum absolute atomic E-state index is 0.339. The smallest absolute Gasteiger partial charge is 0.0842 e. The Bertz CT molecular complexity index is 170. The molecule has 0 amide bonds. The van der Waals surface area contributed by atoms with Gasteiger partial charge in [-0.3, -0.25) is 0 Å². The summed E-state index contributed by atoms with van der Waals surface area (Å²) in [5, 5.41) is 0. The highest BCUT2D eigenvalue weighted by atomic mass is 16.5. The molecule has 1 nitrogen and oxygen atoms in total. The first-order valence-corrected chi connectivity index (χ1v) is 5.64. The monoisotopic (exact) mass is 197 g/mol. The van der Waals surface area contributed by atoms with Gasteiger partial charge in [-0.25, -0.2) is 0 Å². The van der Waals surface area contributed by atoms with E-state index in [-0.39, 0.29) is 0 Å². The molecule has 1 aliphatic rings. The molecule has 0 saturated carbocycles. The zero-order valence-corrected chi connectivity index (χ0v) is 10.6. The van der Waals surface area contributed by atoms with E-state index in [4.69, 9.17) is 4.74 Å². The third-order valence-corrected chi connectivity index (χ3v) is 4.07. The van der Waals surface area contributed by atoms with Crippen LogP contribution in [0.3, 0.4) is 0 Å². The van der Waals surface area contributed by atoms with E-state index in [1.165, 1.54) is 6.42 Å². The van der Waals surface area contributed by atoms with E-state index in [0.717, 1.165) is 13.0 Å². The Labute approximate surface area is 89.2 Å². The van der Waals surface area contributed by atoms with E-state index in [9.17, 15) is 0 Å². The van der Waals surface area contributed by atoms with Gasteiger partial charge < -0.3 is 4.74 Å². The Morgan fingerprint density at radius 1 is 1.00 bits per heavy atom. The lowest BCUT2D eigenvalue weighted by molar-refractivity contribution is -0.0928. The van der Waals surface area contributed by atoms with Gasteiger partial charge in [-0.2, -0.15) is 0 Å². The number of hydrogen-bond acceptors (Lipinski definition) is 1. The quantitative estimate of drug-likeness (QED) is 0.569. The first-order chi connectivity index (χ1) is 6.21. The summed E-state index contributed by atoms with van der Waals surface area (Å²) in [6.07, 6.45) is 2.26. The van der Waals surface area contributed by atoms with Crippen LogP contribution < -0.4 is 0 Å². The fraction of sp³-hybridized carbons (Fsp3) is 0.923. The molecule has 0 aliphatic carbocycles. The molecule has 0 bridgehead atoms. The second-order valence-electron chi connectivity index (χ2n) is 6.57. The summed E-state index contributed by atoms with van der Waals surface area (Å²) in [6.45, 7) is 17.0. The molecule has 1 heteroatoms. The molecule has 1 saturated heterocycles. The van der Waals surface area contributed by atoms with Gasteiger partial charge in [0.15, 0.2) is 0 Å². The summed E-state index contributed by atoms with van der Waals surface area (Å²) in [6, 6.07) is 0. The van der Waals surface area contributed by atoms with Crippen LogP contribution in [0.25, 0.3) is 0 Å². The second-order valence-corrected chi connectivity index (χ2v) is 6.57. The van der Waals surface area contributed by atoms with E-state index in [2.05, 4.69) is 41.5 Å². The van der Waals surface area contributed by atoms with Crippen molar-refractivity contribution in [3.63, 3.8) is 0 Å². The van der Waals surface area contributed by atoms with Crippen LogP contribution in [-0.4, -0.2) is 6.61 Å². The molecule has 1 fully saturated rings. The normalized spacial score (nSPS) is 23.6. The van der Waals surface area contributed by atoms with Crippen molar-refractivity contribution in [1.29, 1.82) is 0 Å². The molecule has 0 N–H and O–H groups in total. The molecule has 1 heterocycles. The lowest BCUT2D eigenvalue weighted by atomic mass is 9.51. The molecular weight excluding hydrogens is 172 g/mol. The van der Waals surface area contributed by atoms with Gasteiger partial charge >= 0.3 is 0 Å². The van der Waals surface area contributed by atoms with Gasteiger partial charge in [0.1, 0.15) is 0 Å². The summed E-state index contributed by atoms with van der Waals surface area (Å²) in [5.74, 6) is 0. The average Bonchev–Trinajstić information content (AvgIpc) is 2.02. The SMILES string of the molecule is CC(C)(C)C1(C(C)(C)C)C[CH]OCC1. The molecular formula is C13H25O. The standard InChI is InChI=1S/C13H25O/c1-11(2,3)13(12(4,5)6)7-9-14-10-8-13/h9H,7-8,10H2,1-6H3. The van der Waals surface area contributed by atoms with Crippen LogP contribution in [0.2, 0.25) is 0 Å². The zero-order chi connectivity index (χ0) is 11.0. The lowest BCUT2D eigenvalue weighted by Gasteiger charge is -2.55. The third-order valence-electron chi connectivity index (χ3n) is 4.07. The Balaban J connectivity index is 3.01. The van der Waals surface area contributed by atoms with Gasteiger partial charge in [0.25, 0.3) is 0 Å². The number of ether oxygens (including phenoxy) is 1. The summed E-state index contributed by atoms with van der Waals surface area (Å²) in [4.78, 5) is 0. The molecule has 0 aromatic rings. The van der Waals surface area contributed by atoms with Gasteiger partial charge in [-0.05, 0) is 29.1 Å². The van der Waals surface area contributed by atoms with Crippen molar-refractivity contribution in [3.8, 4) is 0 Å². The summed E-state index contributed by atoms with van der Waals surface area (Å²) in [7, 11) is 0. The maximum Gasteiger partial charge on any atom is 0.0842 e. The molecule has 0 unspecified atom stereocenters. The topological polar surface area (TPSA) is 9.23 Å². The van der Waals surface area contributed by atoms with Gasteiger partial charge in [0, 0.05) is 6.61 Å². The molecule has 14 heavy (non-hydrogen) atoms. The average molecular weight is 197 g/mol. The van der Waals surface area contributed by atoms with Crippen LogP contribution in [-0.2, 0) is 4.74 Å². The van der Waals surface area contributed by atoms with Crippen molar-refractivity contribution in [2.24, 2.45) is 16.2 Å². The largest absolute Gasteiger partial charge is 0.375 e. The first kappa shape index (κ1) is 12.0. The third kappa shape index (κ3) is 1.84. The molecule has 1 radical (unpaired) electrons. The van der Waals surface area contributed by atoms with Crippen molar-refractivity contribution in [2.75, 3.05) is 6.61 Å². The van der Waals surface area contributed by atoms with Crippen molar-refractivity contribution in [2.45, 2.75) is 54.4 Å². The Kier molecular flexibility index (Phi) is 3.02. The molecule has 0 spiro atoms. The molecule has 83 valence electrons. The second kappa shape index (κ2) is 3.52. The van der Waals surface area contributed by atoms with E-state index < -0.39 is 0 Å². The van der Waals surface area contributed by atoms with E-state index in [0.29, 0.717) is 16.2 Å². The summed E-state index contributed by atoms with van der Waals surface area (Å²) < 4.78 is 5.39. The summed E-state index contributed by atoms with van der Waals surface area (Å²) in [5.41, 5.74) is 1.05. The summed E-state index contributed by atoms with van der Waals surface area (Å²) >= 11 is 0. The highest BCUT2D eigenvalue weighted by Crippen LogP contribution is 2.57. The van der Waals surface area contributed by atoms with Gasteiger partial charge in [0.2, 0.25) is 0 Å². The van der Waals surface area contributed by atoms with E-state index >= 15 is 0 Å². The van der Waals surface area contributed by atoms with Crippen LogP contribution in [0.5, 0.6) is 0 Å². The van der Waals surface area contributed by atoms with Crippen molar-refractivity contribution in [1.82, 2.24) is 0 Å². The van der Waals surface area contributed by atoms with E-state index in [1.807, 2.05) is 6.61 Å². The molecule has 1 aliphatic heterocycles. The minimum atomic E-state index is 0.339. The number of rotatable bonds is 0. The maximum atomic E-state index is 5.39. The number of hydrogen-bond donors (Lipinski definition) is 0. The van der Waals surface area contributed by atoms with Crippen molar-refractivity contribution in [3.05, 3.63) is 6.61 Å². The molecule has 1 rings (SSSR count). The lowest BCUT2D eigenvalue weighted by Crippen LogP contribution is -2.48. The van der Waals surface area contributed by atoms with Crippen LogP contribution in [0.4, 0.5) is 0 Å². The van der Waals surface area contributed by atoms with Crippen LogP contribution in [0, 0.1) is 22.9 Å². The molecule has 0 aromatic heterocycles. The predicted octanol–water partition coefficient (Wildman–Crippen LogP) is 4.04. The highest BCUT2D eigenvalue weighted by Gasteiger charge is 2.50. The predicted molar refractivity (Wildman–Crippen MR) is 60.8 cm³/mol. The van der Waals surface area contributed by atoms with Gasteiger partial charge in [-0.15, -0.1) is 0 Å². The van der Waals surface area contributed by atoms with E-state index in [1.54, 1.807) is 0 Å². The van der Waals surface area contributed by atoms with Crippen molar-refractivity contribution >= 4 is 0 Å². The van der Waals surface area contributed by atoms with Crippen LogP contribution in [0.15, 0.2) is 0 Å². The van der Waals surface area contributed by atoms with Crippen LogP contribution >= 0.6 is 0 Å². The zero-order valence-electron chi connectivity index (χ0n) is 10.6. The Morgan fingerprint density at radius 3 is 1.71 bits per heavy atom.